The van der Waals surface area contributed by atoms with Crippen LogP contribution in [0.5, 0.6) is 5.75 Å². The van der Waals surface area contributed by atoms with Gasteiger partial charge in [0.25, 0.3) is 0 Å². The molecule has 1 aliphatic rings. The summed E-state index contributed by atoms with van der Waals surface area (Å²) in [6.07, 6.45) is 4.94. The molecule has 0 heterocycles. The van der Waals surface area contributed by atoms with E-state index in [1.54, 1.807) is 0 Å². The molecule has 0 aromatic heterocycles. The summed E-state index contributed by atoms with van der Waals surface area (Å²) in [6.45, 7) is 2.60. The molecule has 0 aliphatic heterocycles. The second-order valence-corrected chi connectivity index (χ2v) is 4.47. The van der Waals surface area contributed by atoms with E-state index in [0.717, 1.165) is 12.2 Å². The Morgan fingerprint density at radius 1 is 1.29 bits per heavy atom. The van der Waals surface area contributed by atoms with Gasteiger partial charge in [-0.1, -0.05) is 6.07 Å². The number of carbonyl (C=O) groups is 1. The van der Waals surface area contributed by atoms with E-state index >= 15 is 0 Å². The second kappa shape index (κ2) is 5.71. The van der Waals surface area contributed by atoms with Crippen molar-refractivity contribution in [2.45, 2.75) is 32.6 Å². The predicted molar refractivity (Wildman–Crippen MR) is 67.3 cm³/mol. The highest BCUT2D eigenvalue weighted by Crippen LogP contribution is 2.25. The Labute approximate surface area is 102 Å². The van der Waals surface area contributed by atoms with Crippen LogP contribution in [0.15, 0.2) is 18.2 Å². The average Bonchev–Trinajstić information content (AvgIpc) is 2.34. The molecule has 0 saturated heterocycles. The Morgan fingerprint density at radius 2 is 2.06 bits per heavy atom. The molecule has 2 rings (SSSR count). The van der Waals surface area contributed by atoms with E-state index in [0.29, 0.717) is 13.2 Å². The molecule has 0 atom stereocenters. The van der Waals surface area contributed by atoms with Gasteiger partial charge in [-0.25, -0.2) is 0 Å². The first-order chi connectivity index (χ1) is 8.25. The molecule has 0 fully saturated rings. The van der Waals surface area contributed by atoms with Gasteiger partial charge in [0.15, 0.2) is 0 Å². The van der Waals surface area contributed by atoms with E-state index in [1.165, 1.54) is 37.3 Å². The number of ether oxygens (including phenoxy) is 1. The maximum Gasteiger partial charge on any atom is 0.216 e. The predicted octanol–water partition coefficient (Wildman–Crippen LogP) is 2.08. The highest BCUT2D eigenvalue weighted by Gasteiger charge is 2.09. The van der Waals surface area contributed by atoms with Crippen molar-refractivity contribution in [1.29, 1.82) is 0 Å². The van der Waals surface area contributed by atoms with Gasteiger partial charge in [-0.3, -0.25) is 4.79 Å². The number of rotatable bonds is 4. The van der Waals surface area contributed by atoms with Crippen molar-refractivity contribution in [2.24, 2.45) is 0 Å². The topological polar surface area (TPSA) is 38.3 Å². The first-order valence-electron chi connectivity index (χ1n) is 6.25. The molecule has 1 aromatic rings. The fourth-order valence-corrected chi connectivity index (χ4v) is 2.20. The standard InChI is InChI=1S/C14H19NO2/c1-11(16)15-8-9-17-14-7-6-12-4-2-3-5-13(12)10-14/h6-7,10H,2-5,8-9H2,1H3,(H,15,16). The van der Waals surface area contributed by atoms with Crippen LogP contribution in [-0.2, 0) is 17.6 Å². The third kappa shape index (κ3) is 3.48. The van der Waals surface area contributed by atoms with Crippen molar-refractivity contribution >= 4 is 5.91 Å². The number of hydrogen-bond donors (Lipinski definition) is 1. The summed E-state index contributed by atoms with van der Waals surface area (Å²) in [5.41, 5.74) is 2.89. The highest BCUT2D eigenvalue weighted by atomic mass is 16.5. The van der Waals surface area contributed by atoms with Crippen LogP contribution in [0.1, 0.15) is 30.9 Å². The van der Waals surface area contributed by atoms with Crippen molar-refractivity contribution in [3.05, 3.63) is 29.3 Å². The lowest BCUT2D eigenvalue weighted by atomic mass is 9.92. The summed E-state index contributed by atoms with van der Waals surface area (Å²) >= 11 is 0. The minimum Gasteiger partial charge on any atom is -0.492 e. The van der Waals surface area contributed by atoms with Crippen LogP contribution in [0.4, 0.5) is 0 Å². The number of aryl methyl sites for hydroxylation is 2. The largest absolute Gasteiger partial charge is 0.492 e. The summed E-state index contributed by atoms with van der Waals surface area (Å²) in [7, 11) is 0. The first-order valence-corrected chi connectivity index (χ1v) is 6.25. The van der Waals surface area contributed by atoms with Gasteiger partial charge in [0.1, 0.15) is 12.4 Å². The molecule has 1 aromatic carbocycles. The van der Waals surface area contributed by atoms with Crippen LogP contribution >= 0.6 is 0 Å². The maximum absolute atomic E-state index is 10.7. The van der Waals surface area contributed by atoms with Gasteiger partial charge < -0.3 is 10.1 Å². The van der Waals surface area contributed by atoms with Gasteiger partial charge in [-0.15, -0.1) is 0 Å². The molecule has 0 radical (unpaired) electrons. The van der Waals surface area contributed by atoms with Crippen molar-refractivity contribution in [3.8, 4) is 5.75 Å². The van der Waals surface area contributed by atoms with Crippen LogP contribution in [-0.4, -0.2) is 19.1 Å². The normalized spacial score (nSPS) is 13.9. The SMILES string of the molecule is CC(=O)NCCOc1ccc2c(c1)CCCC2. The van der Waals surface area contributed by atoms with Gasteiger partial charge in [0, 0.05) is 6.92 Å². The summed E-state index contributed by atoms with van der Waals surface area (Å²) in [6, 6.07) is 6.34. The molecule has 1 amide bonds. The molecule has 0 spiro atoms. The zero-order valence-electron chi connectivity index (χ0n) is 10.3. The number of amides is 1. The molecule has 92 valence electrons. The van der Waals surface area contributed by atoms with Crippen LogP contribution in [0.2, 0.25) is 0 Å². The van der Waals surface area contributed by atoms with Gasteiger partial charge >= 0.3 is 0 Å². The molecular weight excluding hydrogens is 214 g/mol. The minimum absolute atomic E-state index is 0.0148. The molecule has 3 nitrogen and oxygen atoms in total. The second-order valence-electron chi connectivity index (χ2n) is 4.47. The third-order valence-corrected chi connectivity index (χ3v) is 3.06. The fourth-order valence-electron chi connectivity index (χ4n) is 2.20. The smallest absolute Gasteiger partial charge is 0.216 e. The number of benzene rings is 1. The Balaban J connectivity index is 1.86. The van der Waals surface area contributed by atoms with Crippen molar-refractivity contribution < 1.29 is 9.53 Å². The fraction of sp³-hybridized carbons (Fsp3) is 0.500. The Morgan fingerprint density at radius 3 is 2.82 bits per heavy atom. The Bertz CT molecular complexity index is 401. The minimum atomic E-state index is -0.0148. The zero-order chi connectivity index (χ0) is 12.1. The Hall–Kier alpha value is -1.51. The Kier molecular flexibility index (Phi) is 4.02. The maximum atomic E-state index is 10.7. The van der Waals surface area contributed by atoms with E-state index in [-0.39, 0.29) is 5.91 Å². The summed E-state index contributed by atoms with van der Waals surface area (Å²) in [5.74, 6) is 0.898. The molecule has 0 unspecified atom stereocenters. The van der Waals surface area contributed by atoms with Crippen LogP contribution in [0.25, 0.3) is 0 Å². The summed E-state index contributed by atoms with van der Waals surface area (Å²) in [5, 5.41) is 2.71. The van der Waals surface area contributed by atoms with Gasteiger partial charge in [-0.05, 0) is 48.9 Å². The lowest BCUT2D eigenvalue weighted by Gasteiger charge is -2.16. The van der Waals surface area contributed by atoms with Crippen LogP contribution in [0, 0.1) is 0 Å². The lowest BCUT2D eigenvalue weighted by Crippen LogP contribution is -2.25. The van der Waals surface area contributed by atoms with Gasteiger partial charge in [-0.2, -0.15) is 0 Å². The number of fused-ring (bicyclic) bond motifs is 1. The summed E-state index contributed by atoms with van der Waals surface area (Å²) < 4.78 is 5.61. The van der Waals surface area contributed by atoms with Crippen molar-refractivity contribution in [1.82, 2.24) is 5.32 Å². The van der Waals surface area contributed by atoms with E-state index in [1.807, 2.05) is 6.07 Å². The van der Waals surface area contributed by atoms with Crippen molar-refractivity contribution in [2.75, 3.05) is 13.2 Å². The average molecular weight is 233 g/mol. The molecule has 1 aliphatic carbocycles. The highest BCUT2D eigenvalue weighted by molar-refractivity contribution is 5.72. The monoisotopic (exact) mass is 233 g/mol. The van der Waals surface area contributed by atoms with E-state index in [2.05, 4.69) is 17.4 Å². The first kappa shape index (κ1) is 12.0. The third-order valence-electron chi connectivity index (χ3n) is 3.06. The van der Waals surface area contributed by atoms with Crippen LogP contribution < -0.4 is 10.1 Å². The van der Waals surface area contributed by atoms with Gasteiger partial charge in [0.05, 0.1) is 6.54 Å². The molecule has 17 heavy (non-hydrogen) atoms. The van der Waals surface area contributed by atoms with E-state index < -0.39 is 0 Å². The molecule has 0 saturated carbocycles. The molecule has 1 N–H and O–H groups in total. The lowest BCUT2D eigenvalue weighted by molar-refractivity contribution is -0.119. The molecule has 0 bridgehead atoms. The number of carbonyl (C=O) groups excluding carboxylic acids is 1. The number of hydrogen-bond acceptors (Lipinski definition) is 2. The van der Waals surface area contributed by atoms with Gasteiger partial charge in [0.2, 0.25) is 5.91 Å². The zero-order valence-corrected chi connectivity index (χ0v) is 10.3. The summed E-state index contributed by atoms with van der Waals surface area (Å²) in [4.78, 5) is 10.7. The number of nitrogens with one attached hydrogen (secondary N) is 1. The van der Waals surface area contributed by atoms with E-state index in [4.69, 9.17) is 4.74 Å². The van der Waals surface area contributed by atoms with E-state index in [9.17, 15) is 4.79 Å². The quantitative estimate of drug-likeness (QED) is 0.809. The van der Waals surface area contributed by atoms with Crippen molar-refractivity contribution in [3.63, 3.8) is 0 Å². The molecule has 3 heteroatoms. The van der Waals surface area contributed by atoms with Crippen LogP contribution in [0.3, 0.4) is 0 Å². The molecular formula is C14H19NO2.